The molecule has 3 aromatic rings. The molecule has 33 heavy (non-hydrogen) atoms. The second kappa shape index (κ2) is 9.24. The highest BCUT2D eigenvalue weighted by atomic mass is 19.1. The Morgan fingerprint density at radius 1 is 0.879 bits per heavy atom. The van der Waals surface area contributed by atoms with Crippen molar-refractivity contribution in [3.8, 4) is 11.1 Å². The summed E-state index contributed by atoms with van der Waals surface area (Å²) in [7, 11) is 0. The first-order valence-electron chi connectivity index (χ1n) is 10.6. The third-order valence-electron chi connectivity index (χ3n) is 5.87. The third-order valence-corrected chi connectivity index (χ3v) is 5.87. The van der Waals surface area contributed by atoms with E-state index in [2.05, 4.69) is 10.6 Å². The molecule has 1 aliphatic carbocycles. The van der Waals surface area contributed by atoms with E-state index in [0.717, 1.165) is 22.3 Å². The zero-order chi connectivity index (χ0) is 23.5. The number of rotatable bonds is 7. The molecule has 2 atom stereocenters. The average molecular weight is 445 g/mol. The second-order valence-corrected chi connectivity index (χ2v) is 8.12. The fraction of sp³-hybridized carbons (Fsp3) is 0.192. The molecule has 0 radical (unpaired) electrons. The van der Waals surface area contributed by atoms with Gasteiger partial charge < -0.3 is 16.4 Å². The first-order chi connectivity index (χ1) is 15.8. The number of nitrogens with one attached hydrogen (secondary N) is 2. The highest BCUT2D eigenvalue weighted by Gasteiger charge is 2.38. The van der Waals surface area contributed by atoms with E-state index in [1.165, 1.54) is 19.1 Å². The minimum Gasteiger partial charge on any atom is -0.368 e. The van der Waals surface area contributed by atoms with Gasteiger partial charge in [0, 0.05) is 19.3 Å². The maximum absolute atomic E-state index is 13.3. The Hall–Kier alpha value is -4.00. The molecule has 0 bridgehead atoms. The van der Waals surface area contributed by atoms with Gasteiger partial charge >= 0.3 is 0 Å². The predicted molar refractivity (Wildman–Crippen MR) is 123 cm³/mol. The van der Waals surface area contributed by atoms with Crippen LogP contribution in [0, 0.1) is 5.82 Å². The SMILES string of the molecule is CC(=O)N[C@H](Cc1ccc(F)cc1)C(=O)N[C@H](C(N)=O)C1c2ccccc2-c2ccccc21. The van der Waals surface area contributed by atoms with E-state index < -0.39 is 41.5 Å². The smallest absolute Gasteiger partial charge is 0.243 e. The van der Waals surface area contributed by atoms with Crippen LogP contribution in [0.4, 0.5) is 4.39 Å². The van der Waals surface area contributed by atoms with Crippen LogP contribution in [0.5, 0.6) is 0 Å². The lowest BCUT2D eigenvalue weighted by atomic mass is 9.88. The van der Waals surface area contributed by atoms with Crippen molar-refractivity contribution in [2.45, 2.75) is 31.3 Å². The van der Waals surface area contributed by atoms with Crippen LogP contribution in [0.15, 0.2) is 72.8 Å². The maximum Gasteiger partial charge on any atom is 0.243 e. The average Bonchev–Trinajstić information content (AvgIpc) is 3.12. The number of carbonyl (C=O) groups is 3. The summed E-state index contributed by atoms with van der Waals surface area (Å²) in [6.45, 7) is 1.31. The lowest BCUT2D eigenvalue weighted by molar-refractivity contribution is -0.131. The number of hydrogen-bond donors (Lipinski definition) is 3. The number of halogens is 1. The maximum atomic E-state index is 13.3. The fourth-order valence-corrected chi connectivity index (χ4v) is 4.44. The molecule has 0 spiro atoms. The first-order valence-corrected chi connectivity index (χ1v) is 10.6. The number of primary amides is 1. The molecular weight excluding hydrogens is 421 g/mol. The lowest BCUT2D eigenvalue weighted by Gasteiger charge is -2.26. The van der Waals surface area contributed by atoms with Crippen molar-refractivity contribution in [1.29, 1.82) is 0 Å². The summed E-state index contributed by atoms with van der Waals surface area (Å²) in [5.41, 5.74) is 10.2. The van der Waals surface area contributed by atoms with Crippen molar-refractivity contribution in [3.63, 3.8) is 0 Å². The monoisotopic (exact) mass is 445 g/mol. The Morgan fingerprint density at radius 3 is 1.94 bits per heavy atom. The Labute approximate surface area is 191 Å². The van der Waals surface area contributed by atoms with Crippen LogP contribution in [0.25, 0.3) is 11.1 Å². The normalized spacial score (nSPS) is 14.0. The van der Waals surface area contributed by atoms with E-state index in [4.69, 9.17) is 5.73 Å². The molecule has 0 aromatic heterocycles. The summed E-state index contributed by atoms with van der Waals surface area (Å²) in [5, 5.41) is 5.39. The quantitative estimate of drug-likeness (QED) is 0.521. The number of hydrogen-bond acceptors (Lipinski definition) is 3. The Kier molecular flexibility index (Phi) is 6.22. The summed E-state index contributed by atoms with van der Waals surface area (Å²) in [6, 6.07) is 19.1. The van der Waals surface area contributed by atoms with Gasteiger partial charge in [0.05, 0.1) is 0 Å². The fourth-order valence-electron chi connectivity index (χ4n) is 4.44. The van der Waals surface area contributed by atoms with Crippen LogP contribution in [0.1, 0.15) is 29.5 Å². The topological polar surface area (TPSA) is 101 Å². The molecule has 0 saturated heterocycles. The van der Waals surface area contributed by atoms with Crippen molar-refractivity contribution < 1.29 is 18.8 Å². The number of benzene rings is 3. The minimum atomic E-state index is -1.02. The van der Waals surface area contributed by atoms with Gasteiger partial charge in [-0.05, 0) is 39.9 Å². The summed E-state index contributed by atoms with van der Waals surface area (Å²) in [4.78, 5) is 37.6. The minimum absolute atomic E-state index is 0.134. The van der Waals surface area contributed by atoms with Gasteiger partial charge in [0.2, 0.25) is 17.7 Å². The molecule has 3 amide bonds. The molecule has 0 unspecified atom stereocenters. The van der Waals surface area contributed by atoms with E-state index in [1.54, 1.807) is 12.1 Å². The van der Waals surface area contributed by atoms with Crippen LogP contribution in [0.2, 0.25) is 0 Å². The van der Waals surface area contributed by atoms with E-state index in [9.17, 15) is 18.8 Å². The molecule has 0 heterocycles. The van der Waals surface area contributed by atoms with E-state index >= 15 is 0 Å². The van der Waals surface area contributed by atoms with E-state index in [0.29, 0.717) is 5.56 Å². The van der Waals surface area contributed by atoms with Crippen LogP contribution in [-0.2, 0) is 20.8 Å². The van der Waals surface area contributed by atoms with Crippen molar-refractivity contribution >= 4 is 17.7 Å². The lowest BCUT2D eigenvalue weighted by Crippen LogP contribution is -2.55. The van der Waals surface area contributed by atoms with Crippen molar-refractivity contribution in [3.05, 3.63) is 95.3 Å². The summed E-state index contributed by atoms with van der Waals surface area (Å²) in [6.07, 6.45) is 0.134. The molecule has 168 valence electrons. The largest absolute Gasteiger partial charge is 0.368 e. The summed E-state index contributed by atoms with van der Waals surface area (Å²) in [5.74, 6) is -2.47. The van der Waals surface area contributed by atoms with E-state index in [-0.39, 0.29) is 6.42 Å². The van der Waals surface area contributed by atoms with Gasteiger partial charge in [-0.1, -0.05) is 60.7 Å². The highest BCUT2D eigenvalue weighted by molar-refractivity contribution is 5.94. The Bertz CT molecular complexity index is 1160. The summed E-state index contributed by atoms with van der Waals surface area (Å²) < 4.78 is 13.3. The number of carbonyl (C=O) groups excluding carboxylic acids is 3. The molecule has 3 aromatic carbocycles. The predicted octanol–water partition coefficient (Wildman–Crippen LogP) is 2.66. The molecule has 6 nitrogen and oxygen atoms in total. The molecule has 4 rings (SSSR count). The third kappa shape index (κ3) is 4.62. The summed E-state index contributed by atoms with van der Waals surface area (Å²) >= 11 is 0. The van der Waals surface area contributed by atoms with Crippen LogP contribution < -0.4 is 16.4 Å². The molecule has 1 aliphatic rings. The highest BCUT2D eigenvalue weighted by Crippen LogP contribution is 2.46. The first kappa shape index (κ1) is 22.2. The molecule has 4 N–H and O–H groups in total. The Balaban J connectivity index is 1.64. The van der Waals surface area contributed by atoms with Gasteiger partial charge in [-0.15, -0.1) is 0 Å². The van der Waals surface area contributed by atoms with E-state index in [1.807, 2.05) is 48.5 Å². The second-order valence-electron chi connectivity index (χ2n) is 8.12. The van der Waals surface area contributed by atoms with Gasteiger partial charge in [-0.3, -0.25) is 14.4 Å². The zero-order valence-corrected chi connectivity index (χ0v) is 18.0. The van der Waals surface area contributed by atoms with Gasteiger partial charge in [0.25, 0.3) is 0 Å². The Morgan fingerprint density at radius 2 is 1.42 bits per heavy atom. The number of nitrogens with two attached hydrogens (primary N) is 1. The number of fused-ring (bicyclic) bond motifs is 3. The van der Waals surface area contributed by atoms with Crippen LogP contribution in [-0.4, -0.2) is 29.8 Å². The van der Waals surface area contributed by atoms with Gasteiger partial charge in [0.1, 0.15) is 17.9 Å². The molecule has 7 heteroatoms. The van der Waals surface area contributed by atoms with Crippen molar-refractivity contribution in [1.82, 2.24) is 10.6 Å². The van der Waals surface area contributed by atoms with Gasteiger partial charge in [-0.2, -0.15) is 0 Å². The van der Waals surface area contributed by atoms with Crippen molar-refractivity contribution in [2.75, 3.05) is 0 Å². The van der Waals surface area contributed by atoms with Crippen LogP contribution in [0.3, 0.4) is 0 Å². The molecule has 0 aliphatic heterocycles. The molecule has 0 fully saturated rings. The standard InChI is InChI=1S/C26H24FN3O3/c1-15(31)29-22(14-16-10-12-17(27)13-11-16)26(33)30-24(25(28)32)23-20-8-4-2-6-18(20)19-7-3-5-9-21(19)23/h2-13,22-24H,14H2,1H3,(H2,28,32)(H,29,31)(H,30,33)/t22-,24+/m1/s1. The van der Waals surface area contributed by atoms with Gasteiger partial charge in [-0.25, -0.2) is 4.39 Å². The van der Waals surface area contributed by atoms with Gasteiger partial charge in [0.15, 0.2) is 0 Å². The van der Waals surface area contributed by atoms with Crippen molar-refractivity contribution in [2.24, 2.45) is 5.73 Å². The van der Waals surface area contributed by atoms with Crippen LogP contribution >= 0.6 is 0 Å². The zero-order valence-electron chi connectivity index (χ0n) is 18.0. The number of amides is 3. The molecule has 0 saturated carbocycles. The molecular formula is C26H24FN3O3.